The maximum absolute atomic E-state index is 12.8. The van der Waals surface area contributed by atoms with E-state index in [2.05, 4.69) is 41.3 Å². The normalized spacial score (nSPS) is 16.1. The number of nitrogens with one attached hydrogen (secondary N) is 1. The fourth-order valence-corrected chi connectivity index (χ4v) is 4.07. The number of hydrogen-bond donors (Lipinski definition) is 1. The molecule has 1 saturated heterocycles. The van der Waals surface area contributed by atoms with Crippen LogP contribution in [0.2, 0.25) is 0 Å². The Labute approximate surface area is 188 Å². The highest BCUT2D eigenvalue weighted by atomic mass is 16.2. The molecule has 166 valence electrons. The van der Waals surface area contributed by atoms with E-state index in [9.17, 15) is 9.59 Å². The third-order valence-electron chi connectivity index (χ3n) is 6.08. The number of piperidine rings is 1. The molecule has 1 N–H and O–H groups in total. The Balaban J connectivity index is 1.45. The summed E-state index contributed by atoms with van der Waals surface area (Å²) >= 11 is 0. The standard InChI is InChI=1S/C26H30N4O2/c1-3-20-10-12-23(13-11-20)30-25(31)15-14-24(28-30)29-16-4-5-22(18-29)26(32)27-17-21-8-6-19(2)7-9-21/h6-15,22H,3-5,16-18H2,1-2H3,(H,27,32)/t22-/m0/s1. The SMILES string of the molecule is CCc1ccc(-n2nc(N3CCC[C@H](C(=O)NCc4ccc(C)cc4)C3)ccc2=O)cc1. The minimum Gasteiger partial charge on any atom is -0.354 e. The average Bonchev–Trinajstić information content (AvgIpc) is 2.84. The number of aromatic nitrogens is 2. The van der Waals surface area contributed by atoms with Crippen LogP contribution in [0.1, 0.15) is 36.5 Å². The number of hydrogen-bond acceptors (Lipinski definition) is 4. The van der Waals surface area contributed by atoms with E-state index in [4.69, 9.17) is 0 Å². The van der Waals surface area contributed by atoms with Gasteiger partial charge in [-0.25, -0.2) is 0 Å². The summed E-state index contributed by atoms with van der Waals surface area (Å²) in [5.41, 5.74) is 4.10. The third-order valence-corrected chi connectivity index (χ3v) is 6.08. The van der Waals surface area contributed by atoms with E-state index in [0.29, 0.717) is 13.1 Å². The fourth-order valence-electron chi connectivity index (χ4n) is 4.07. The van der Waals surface area contributed by atoms with Crippen LogP contribution in [-0.2, 0) is 17.8 Å². The molecule has 1 fully saturated rings. The van der Waals surface area contributed by atoms with Gasteiger partial charge in [0.05, 0.1) is 11.6 Å². The summed E-state index contributed by atoms with van der Waals surface area (Å²) in [5, 5.41) is 7.69. The van der Waals surface area contributed by atoms with Gasteiger partial charge in [-0.1, -0.05) is 48.9 Å². The van der Waals surface area contributed by atoms with Gasteiger partial charge in [0.15, 0.2) is 0 Å². The molecule has 6 heteroatoms. The topological polar surface area (TPSA) is 67.2 Å². The largest absolute Gasteiger partial charge is 0.354 e. The molecule has 2 heterocycles. The summed E-state index contributed by atoms with van der Waals surface area (Å²) in [6.07, 6.45) is 2.72. The van der Waals surface area contributed by atoms with Crippen molar-refractivity contribution >= 4 is 11.7 Å². The van der Waals surface area contributed by atoms with Crippen LogP contribution >= 0.6 is 0 Å². The number of benzene rings is 2. The van der Waals surface area contributed by atoms with Gasteiger partial charge in [-0.15, -0.1) is 5.10 Å². The number of rotatable bonds is 6. The van der Waals surface area contributed by atoms with Crippen molar-refractivity contribution < 1.29 is 4.79 Å². The van der Waals surface area contributed by atoms with Gasteiger partial charge in [0.25, 0.3) is 5.56 Å². The molecule has 1 aliphatic heterocycles. The van der Waals surface area contributed by atoms with Crippen LogP contribution in [0.4, 0.5) is 5.82 Å². The lowest BCUT2D eigenvalue weighted by molar-refractivity contribution is -0.125. The first-order chi connectivity index (χ1) is 15.5. The van der Waals surface area contributed by atoms with Crippen LogP contribution in [0.5, 0.6) is 0 Å². The number of carbonyl (C=O) groups is 1. The zero-order valence-corrected chi connectivity index (χ0v) is 18.8. The molecule has 0 bridgehead atoms. The molecule has 1 aliphatic rings. The van der Waals surface area contributed by atoms with Crippen molar-refractivity contribution in [2.75, 3.05) is 18.0 Å². The van der Waals surface area contributed by atoms with Crippen molar-refractivity contribution in [2.24, 2.45) is 5.92 Å². The lowest BCUT2D eigenvalue weighted by atomic mass is 9.97. The van der Waals surface area contributed by atoms with Gasteiger partial charge in [0, 0.05) is 25.7 Å². The zero-order valence-electron chi connectivity index (χ0n) is 18.8. The predicted molar refractivity (Wildman–Crippen MR) is 127 cm³/mol. The molecule has 2 aromatic carbocycles. The van der Waals surface area contributed by atoms with Gasteiger partial charge in [-0.2, -0.15) is 4.68 Å². The summed E-state index contributed by atoms with van der Waals surface area (Å²) < 4.78 is 1.44. The first kappa shape index (κ1) is 21.8. The first-order valence-corrected chi connectivity index (χ1v) is 11.3. The molecule has 0 unspecified atom stereocenters. The second-order valence-corrected chi connectivity index (χ2v) is 8.45. The summed E-state index contributed by atoms with van der Waals surface area (Å²) in [5.74, 6) is 0.694. The molecule has 0 radical (unpaired) electrons. The average molecular weight is 431 g/mol. The highest BCUT2D eigenvalue weighted by molar-refractivity contribution is 5.79. The highest BCUT2D eigenvalue weighted by Gasteiger charge is 2.26. The lowest BCUT2D eigenvalue weighted by Crippen LogP contribution is -2.43. The molecule has 32 heavy (non-hydrogen) atoms. The Bertz CT molecular complexity index is 1120. The summed E-state index contributed by atoms with van der Waals surface area (Å²) in [6.45, 7) is 6.11. The Morgan fingerprint density at radius 3 is 2.47 bits per heavy atom. The molecule has 4 rings (SSSR count). The number of amides is 1. The maximum atomic E-state index is 12.8. The molecule has 3 aromatic rings. The van der Waals surface area contributed by atoms with Crippen LogP contribution in [0.15, 0.2) is 65.5 Å². The second-order valence-electron chi connectivity index (χ2n) is 8.45. The monoisotopic (exact) mass is 430 g/mol. The predicted octanol–water partition coefficient (Wildman–Crippen LogP) is 3.64. The van der Waals surface area contributed by atoms with Gasteiger partial charge in [-0.05, 0) is 55.5 Å². The molecule has 6 nitrogen and oxygen atoms in total. The van der Waals surface area contributed by atoms with Gasteiger partial charge in [-0.3, -0.25) is 9.59 Å². The van der Waals surface area contributed by atoms with E-state index in [1.54, 1.807) is 12.1 Å². The Morgan fingerprint density at radius 1 is 1.03 bits per heavy atom. The van der Waals surface area contributed by atoms with E-state index in [1.807, 2.05) is 36.4 Å². The van der Waals surface area contributed by atoms with Gasteiger partial charge in [0.2, 0.25) is 5.91 Å². The summed E-state index contributed by atoms with van der Waals surface area (Å²) in [6, 6.07) is 19.4. The van der Waals surface area contributed by atoms with Gasteiger partial charge >= 0.3 is 0 Å². The molecular weight excluding hydrogens is 400 g/mol. The molecular formula is C26H30N4O2. The minimum absolute atomic E-state index is 0.0683. The molecule has 1 amide bonds. The second kappa shape index (κ2) is 9.81. The molecule has 0 saturated carbocycles. The van der Waals surface area contributed by atoms with Crippen LogP contribution in [0, 0.1) is 12.8 Å². The molecule has 1 atom stereocenters. The number of nitrogens with zero attached hydrogens (tertiary/aromatic N) is 3. The smallest absolute Gasteiger partial charge is 0.271 e. The van der Waals surface area contributed by atoms with E-state index in [-0.39, 0.29) is 17.4 Å². The number of anilines is 1. The van der Waals surface area contributed by atoms with Crippen molar-refractivity contribution in [3.8, 4) is 5.69 Å². The maximum Gasteiger partial charge on any atom is 0.271 e. The fraction of sp³-hybridized carbons (Fsp3) is 0.346. The Morgan fingerprint density at radius 2 is 1.75 bits per heavy atom. The summed E-state index contributed by atoms with van der Waals surface area (Å²) in [4.78, 5) is 27.4. The molecule has 0 aliphatic carbocycles. The Hall–Kier alpha value is -3.41. The first-order valence-electron chi connectivity index (χ1n) is 11.3. The van der Waals surface area contributed by atoms with Crippen LogP contribution in [0.3, 0.4) is 0 Å². The van der Waals surface area contributed by atoms with Crippen molar-refractivity contribution in [1.82, 2.24) is 15.1 Å². The van der Waals surface area contributed by atoms with Crippen molar-refractivity contribution in [3.63, 3.8) is 0 Å². The Kier molecular flexibility index (Phi) is 6.69. The van der Waals surface area contributed by atoms with Gasteiger partial charge in [0.1, 0.15) is 5.82 Å². The third kappa shape index (κ3) is 5.07. The highest BCUT2D eigenvalue weighted by Crippen LogP contribution is 2.22. The number of aryl methyl sites for hydroxylation is 2. The quantitative estimate of drug-likeness (QED) is 0.648. The number of carbonyl (C=O) groups excluding carboxylic acids is 1. The zero-order chi connectivity index (χ0) is 22.5. The van der Waals surface area contributed by atoms with E-state index in [1.165, 1.54) is 15.8 Å². The minimum atomic E-state index is -0.164. The van der Waals surface area contributed by atoms with Gasteiger partial charge < -0.3 is 10.2 Å². The van der Waals surface area contributed by atoms with Crippen LogP contribution in [0.25, 0.3) is 5.69 Å². The summed E-state index contributed by atoms with van der Waals surface area (Å²) in [7, 11) is 0. The van der Waals surface area contributed by atoms with Crippen molar-refractivity contribution in [3.05, 3.63) is 87.7 Å². The molecule has 1 aromatic heterocycles. The van der Waals surface area contributed by atoms with Crippen LogP contribution < -0.4 is 15.8 Å². The van der Waals surface area contributed by atoms with Crippen molar-refractivity contribution in [2.45, 2.75) is 39.7 Å². The van der Waals surface area contributed by atoms with E-state index >= 15 is 0 Å². The van der Waals surface area contributed by atoms with Crippen molar-refractivity contribution in [1.29, 1.82) is 0 Å². The lowest BCUT2D eigenvalue weighted by Gasteiger charge is -2.33. The van der Waals surface area contributed by atoms with E-state index in [0.717, 1.165) is 42.9 Å². The van der Waals surface area contributed by atoms with Crippen LogP contribution in [-0.4, -0.2) is 28.8 Å². The van der Waals surface area contributed by atoms with E-state index < -0.39 is 0 Å². The molecule has 0 spiro atoms.